The second kappa shape index (κ2) is 6.21. The highest BCUT2D eigenvalue weighted by Gasteiger charge is 2.11. The van der Waals surface area contributed by atoms with E-state index in [1.807, 2.05) is 36.4 Å². The summed E-state index contributed by atoms with van der Waals surface area (Å²) in [5, 5.41) is 1.04. The van der Waals surface area contributed by atoms with E-state index in [2.05, 4.69) is 19.7 Å². The van der Waals surface area contributed by atoms with Crippen LogP contribution in [0.2, 0.25) is 0 Å². The van der Waals surface area contributed by atoms with Crippen LogP contribution < -0.4 is 9.46 Å². The van der Waals surface area contributed by atoms with E-state index in [4.69, 9.17) is 4.74 Å². The summed E-state index contributed by atoms with van der Waals surface area (Å²) in [6.45, 7) is 0.155. The van der Waals surface area contributed by atoms with Gasteiger partial charge in [0, 0.05) is 17.8 Å². The van der Waals surface area contributed by atoms with Crippen molar-refractivity contribution in [1.82, 2.24) is 15.0 Å². The number of para-hydroxylation sites is 1. The van der Waals surface area contributed by atoms with E-state index in [1.165, 1.54) is 12.4 Å². The third kappa shape index (κ3) is 3.95. The van der Waals surface area contributed by atoms with Crippen LogP contribution in [-0.4, -0.2) is 30.5 Å². The lowest BCUT2D eigenvalue weighted by Crippen LogP contribution is -2.14. The number of benzene rings is 1. The van der Waals surface area contributed by atoms with Crippen molar-refractivity contribution in [3.05, 3.63) is 54.5 Å². The Labute approximate surface area is 134 Å². The summed E-state index contributed by atoms with van der Waals surface area (Å²) < 4.78 is 30.5. The Morgan fingerprint density at radius 3 is 2.70 bits per heavy atom. The highest BCUT2D eigenvalue weighted by molar-refractivity contribution is 8.13. The molecule has 23 heavy (non-hydrogen) atoms. The number of hydrogen-bond acceptors (Lipinski definition) is 6. The Morgan fingerprint density at radius 2 is 1.87 bits per heavy atom. The van der Waals surface area contributed by atoms with Gasteiger partial charge in [-0.2, -0.15) is 0 Å². The van der Waals surface area contributed by atoms with E-state index >= 15 is 0 Å². The lowest BCUT2D eigenvalue weighted by Gasteiger charge is -2.10. The predicted octanol–water partition coefficient (Wildman–Crippen LogP) is 0.894. The van der Waals surface area contributed by atoms with Gasteiger partial charge in [-0.05, 0) is 12.1 Å². The molecule has 0 unspecified atom stereocenters. The zero-order valence-corrected chi connectivity index (χ0v) is 13.1. The van der Waals surface area contributed by atoms with Gasteiger partial charge in [-0.25, -0.2) is 23.4 Å². The molecular weight excluding hydrogens is 315 g/mol. The van der Waals surface area contributed by atoms with Crippen molar-refractivity contribution in [2.75, 3.05) is 4.72 Å². The van der Waals surface area contributed by atoms with Crippen LogP contribution >= 0.6 is 0 Å². The summed E-state index contributed by atoms with van der Waals surface area (Å²) in [5.74, 6) is 0.156. The molecule has 0 aliphatic heterocycles. The zero-order valence-electron chi connectivity index (χ0n) is 12.3. The average molecular weight is 328 g/mol. The monoisotopic (exact) mass is 328 g/mol. The summed E-state index contributed by atoms with van der Waals surface area (Å²) in [5.41, 5.74) is 1.57. The summed E-state index contributed by atoms with van der Waals surface area (Å²) in [4.78, 5) is 12.4. The average Bonchev–Trinajstić information content (AvgIpc) is 2.52. The summed E-state index contributed by atoms with van der Waals surface area (Å²) >= 11 is 0. The van der Waals surface area contributed by atoms with Gasteiger partial charge in [-0.1, -0.05) is 24.3 Å². The Morgan fingerprint density at radius 1 is 1.09 bits per heavy atom. The van der Waals surface area contributed by atoms with Gasteiger partial charge in [0.15, 0.2) is 9.87 Å². The maximum absolute atomic E-state index is 11.3. The van der Waals surface area contributed by atoms with Crippen molar-refractivity contribution in [3.63, 3.8) is 0 Å². The van der Waals surface area contributed by atoms with Gasteiger partial charge in [-0.15, -0.1) is 0 Å². The third-order valence-electron chi connectivity index (χ3n) is 2.96. The highest BCUT2D eigenvalue weighted by Crippen LogP contribution is 2.20. The van der Waals surface area contributed by atoms with Gasteiger partial charge >= 0.3 is 0 Å². The zero-order chi connectivity index (χ0) is 16.3. The van der Waals surface area contributed by atoms with Crippen LogP contribution in [0, 0.1) is 0 Å². The molecule has 0 radical (unpaired) electrons. The van der Waals surface area contributed by atoms with Gasteiger partial charge in [0.1, 0.15) is 6.61 Å². The van der Waals surface area contributed by atoms with E-state index in [9.17, 15) is 8.42 Å². The molecule has 7 nitrogen and oxygen atoms in total. The smallest absolute Gasteiger partial charge is 0.283 e. The maximum Gasteiger partial charge on any atom is 0.283 e. The fourth-order valence-electron chi connectivity index (χ4n) is 2.01. The van der Waals surface area contributed by atoms with Crippen molar-refractivity contribution in [3.8, 4) is 5.88 Å². The molecule has 0 aliphatic rings. The van der Waals surface area contributed by atoms with E-state index in [0.717, 1.165) is 18.0 Å². The first-order chi connectivity index (χ1) is 11.0. The molecule has 0 amide bonds. The number of nitrogens with zero attached hydrogens (tertiary/aromatic N) is 3. The number of pyridine rings is 1. The molecule has 3 rings (SSSR count). The quantitative estimate of drug-likeness (QED) is 0.699. The fourth-order valence-corrected chi connectivity index (χ4v) is 2.50. The molecule has 0 fully saturated rings. The Kier molecular flexibility index (Phi) is 4.11. The molecule has 0 spiro atoms. The van der Waals surface area contributed by atoms with Crippen LogP contribution in [0.25, 0.3) is 10.9 Å². The van der Waals surface area contributed by atoms with Crippen LogP contribution in [0.5, 0.6) is 5.88 Å². The Balaban J connectivity index is 1.79. The highest BCUT2D eigenvalue weighted by atomic mass is 32.2. The second-order valence-electron chi connectivity index (χ2n) is 4.87. The molecule has 1 aromatic carbocycles. The number of fused-ring (bicyclic) bond motifs is 1. The molecule has 0 saturated carbocycles. The first kappa shape index (κ1) is 15.2. The van der Waals surface area contributed by atoms with Crippen LogP contribution in [0.1, 0.15) is 5.69 Å². The Hall–Kier alpha value is -2.68. The molecule has 1 N–H and O–H groups in total. The first-order valence-electron chi connectivity index (χ1n) is 6.77. The predicted molar refractivity (Wildman–Crippen MR) is 89.2 cm³/mol. The van der Waals surface area contributed by atoms with Crippen molar-refractivity contribution < 1.29 is 13.2 Å². The van der Waals surface area contributed by atoms with Crippen molar-refractivity contribution in [2.45, 2.75) is 6.61 Å². The maximum atomic E-state index is 11.3. The van der Waals surface area contributed by atoms with Crippen LogP contribution in [0.3, 0.4) is 0 Å². The van der Waals surface area contributed by atoms with Crippen molar-refractivity contribution in [2.24, 2.45) is 0 Å². The Bertz CT molecular complexity index is 949. The lowest BCUT2D eigenvalue weighted by molar-refractivity contribution is 0.290. The molecule has 0 bridgehead atoms. The van der Waals surface area contributed by atoms with Crippen molar-refractivity contribution >= 4 is 33.7 Å². The van der Waals surface area contributed by atoms with Gasteiger partial charge in [0.25, 0.3) is 13.0 Å². The SMILES string of the molecule is BS(=O)(=O)Nc1nccnc1OCc1ccc2ccccc2n1. The number of rotatable bonds is 5. The lowest BCUT2D eigenvalue weighted by atomic mass is 10.2. The van der Waals surface area contributed by atoms with Crippen LogP contribution in [-0.2, 0) is 16.5 Å². The van der Waals surface area contributed by atoms with E-state index in [1.54, 1.807) is 0 Å². The van der Waals surface area contributed by atoms with Gasteiger partial charge in [0.05, 0.1) is 11.2 Å². The topological polar surface area (TPSA) is 94.1 Å². The molecule has 0 saturated heterocycles. The largest absolute Gasteiger partial charge is 0.469 e. The summed E-state index contributed by atoms with van der Waals surface area (Å²) in [7, 11) is -2.42. The normalized spacial score (nSPS) is 11.3. The van der Waals surface area contributed by atoms with Gasteiger partial charge in [-0.3, -0.25) is 4.72 Å². The molecule has 0 aliphatic carbocycles. The van der Waals surface area contributed by atoms with E-state index in [0.29, 0.717) is 5.69 Å². The van der Waals surface area contributed by atoms with Gasteiger partial charge < -0.3 is 4.74 Å². The number of nitrogens with one attached hydrogen (secondary N) is 1. The van der Waals surface area contributed by atoms with Gasteiger partial charge in [0.2, 0.25) is 5.82 Å². The number of anilines is 1. The van der Waals surface area contributed by atoms with E-state index < -0.39 is 9.87 Å². The minimum atomic E-state index is -3.46. The standard InChI is InChI=1S/C14H13BN4O3S/c15-23(20,21)19-13-14(17-8-7-16-13)22-9-11-6-5-10-3-1-2-4-12(10)18-11/h1-8H,9,15H2,(H,16,19). The molecule has 116 valence electrons. The summed E-state index contributed by atoms with van der Waals surface area (Å²) in [6, 6.07) is 11.6. The minimum Gasteiger partial charge on any atom is -0.469 e. The molecular formula is C14H13BN4O3S. The van der Waals surface area contributed by atoms with Crippen LogP contribution in [0.15, 0.2) is 48.8 Å². The molecule has 2 aromatic heterocycles. The molecule has 9 heteroatoms. The van der Waals surface area contributed by atoms with E-state index in [-0.39, 0.29) is 18.3 Å². The number of ether oxygens (including phenoxy) is 1. The second-order valence-corrected chi connectivity index (χ2v) is 6.62. The fraction of sp³-hybridized carbons (Fsp3) is 0.0714. The third-order valence-corrected chi connectivity index (χ3v) is 3.52. The number of hydrogen-bond donors (Lipinski definition) is 1. The first-order valence-corrected chi connectivity index (χ1v) is 8.67. The minimum absolute atomic E-state index is 0.0517. The van der Waals surface area contributed by atoms with Crippen LogP contribution in [0.4, 0.5) is 5.82 Å². The number of aromatic nitrogens is 3. The molecule has 0 atom stereocenters. The molecule has 2 heterocycles. The summed E-state index contributed by atoms with van der Waals surface area (Å²) in [6.07, 6.45) is 2.81. The van der Waals surface area contributed by atoms with Crippen molar-refractivity contribution in [1.29, 1.82) is 0 Å². The molecule has 3 aromatic rings.